The Labute approximate surface area is 195 Å². The third kappa shape index (κ3) is 5.10. The van der Waals surface area contributed by atoms with Crippen LogP contribution in [0.15, 0.2) is 61.1 Å². The summed E-state index contributed by atoms with van der Waals surface area (Å²) >= 11 is 0. The number of aromatic nitrogens is 3. The molecule has 0 fully saturated rings. The number of aryl methyl sites for hydroxylation is 2. The van der Waals surface area contributed by atoms with E-state index in [9.17, 15) is 13.6 Å². The van der Waals surface area contributed by atoms with Crippen molar-refractivity contribution < 1.29 is 13.6 Å². The van der Waals surface area contributed by atoms with Gasteiger partial charge in [0.25, 0.3) is 5.91 Å². The molecule has 1 amide bonds. The molecule has 0 aliphatic carbocycles. The highest BCUT2D eigenvalue weighted by atomic mass is 19.1. The summed E-state index contributed by atoms with van der Waals surface area (Å²) < 4.78 is 28.6. The van der Waals surface area contributed by atoms with Gasteiger partial charge in [-0.2, -0.15) is 5.10 Å². The monoisotopic (exact) mass is 457 g/mol. The maximum absolute atomic E-state index is 13.8. The van der Waals surface area contributed by atoms with Crippen LogP contribution in [0.25, 0.3) is 11.1 Å². The minimum Gasteiger partial charge on any atom is -0.383 e. The SMILES string of the molecule is Cc1ccc(C(=O)NCc2ccc(F)cc2F)cc1C#Cc1cc(-c2cnn(C)c2)cnc1N. The molecule has 4 aromatic rings. The van der Waals surface area contributed by atoms with Crippen LogP contribution in [0.2, 0.25) is 0 Å². The van der Waals surface area contributed by atoms with Gasteiger partial charge in [0.05, 0.1) is 11.8 Å². The van der Waals surface area contributed by atoms with Crippen molar-refractivity contribution >= 4 is 11.7 Å². The van der Waals surface area contributed by atoms with Crippen LogP contribution in [-0.4, -0.2) is 20.7 Å². The molecule has 0 aliphatic heterocycles. The van der Waals surface area contributed by atoms with Gasteiger partial charge in [0.2, 0.25) is 0 Å². The lowest BCUT2D eigenvalue weighted by molar-refractivity contribution is 0.0950. The molecule has 0 aliphatic rings. The lowest BCUT2D eigenvalue weighted by atomic mass is 10.0. The number of amides is 1. The number of carbonyl (C=O) groups excluding carboxylic acids is 1. The molecule has 3 N–H and O–H groups in total. The highest BCUT2D eigenvalue weighted by molar-refractivity contribution is 5.94. The number of rotatable bonds is 4. The fraction of sp³-hybridized carbons (Fsp3) is 0.115. The summed E-state index contributed by atoms with van der Waals surface area (Å²) in [6.45, 7) is 1.82. The highest BCUT2D eigenvalue weighted by Gasteiger charge is 2.10. The molecule has 0 unspecified atom stereocenters. The van der Waals surface area contributed by atoms with E-state index in [4.69, 9.17) is 5.73 Å². The van der Waals surface area contributed by atoms with Crippen molar-refractivity contribution in [2.75, 3.05) is 5.73 Å². The number of nitrogens with two attached hydrogens (primary N) is 1. The molecular weight excluding hydrogens is 436 g/mol. The summed E-state index contributed by atoms with van der Waals surface area (Å²) in [6.07, 6.45) is 5.26. The maximum Gasteiger partial charge on any atom is 0.251 e. The predicted molar refractivity (Wildman–Crippen MR) is 126 cm³/mol. The molecule has 2 aromatic carbocycles. The lowest BCUT2D eigenvalue weighted by Gasteiger charge is -2.08. The van der Waals surface area contributed by atoms with Gasteiger partial charge in [-0.1, -0.05) is 24.0 Å². The fourth-order valence-corrected chi connectivity index (χ4v) is 3.28. The summed E-state index contributed by atoms with van der Waals surface area (Å²) in [5.41, 5.74) is 10.4. The van der Waals surface area contributed by atoms with Crippen molar-refractivity contribution in [1.29, 1.82) is 0 Å². The van der Waals surface area contributed by atoms with Gasteiger partial charge in [-0.25, -0.2) is 13.8 Å². The van der Waals surface area contributed by atoms with Crippen molar-refractivity contribution in [2.24, 2.45) is 7.05 Å². The summed E-state index contributed by atoms with van der Waals surface area (Å²) in [5, 5.41) is 6.81. The Morgan fingerprint density at radius 2 is 1.85 bits per heavy atom. The minimum atomic E-state index is -0.713. The van der Waals surface area contributed by atoms with Gasteiger partial charge in [0.1, 0.15) is 17.5 Å². The normalized spacial score (nSPS) is 10.5. The molecule has 2 aromatic heterocycles. The highest BCUT2D eigenvalue weighted by Crippen LogP contribution is 2.21. The Hall–Kier alpha value is -4.51. The largest absolute Gasteiger partial charge is 0.383 e. The molecule has 8 heteroatoms. The average molecular weight is 457 g/mol. The van der Waals surface area contributed by atoms with Crippen molar-refractivity contribution in [1.82, 2.24) is 20.1 Å². The van der Waals surface area contributed by atoms with Gasteiger partial charge in [0, 0.05) is 59.9 Å². The van der Waals surface area contributed by atoms with Gasteiger partial charge in [-0.15, -0.1) is 0 Å². The number of benzene rings is 2. The number of nitrogens with one attached hydrogen (secondary N) is 1. The predicted octanol–water partition coefficient (Wildman–Crippen LogP) is 3.98. The average Bonchev–Trinajstić information content (AvgIpc) is 3.25. The van der Waals surface area contributed by atoms with E-state index in [-0.39, 0.29) is 12.1 Å². The van der Waals surface area contributed by atoms with E-state index in [1.807, 2.05) is 26.2 Å². The summed E-state index contributed by atoms with van der Waals surface area (Å²) in [5.74, 6) is 4.63. The number of halogens is 2. The van der Waals surface area contributed by atoms with Gasteiger partial charge in [0.15, 0.2) is 0 Å². The molecule has 0 saturated carbocycles. The quantitative estimate of drug-likeness (QED) is 0.454. The van der Waals surface area contributed by atoms with Gasteiger partial charge in [-0.05, 0) is 36.8 Å². The standard InChI is InChI=1S/C26H21F2N5O/c1-16-3-4-19(26(34)31-12-20-7-8-23(27)11-24(20)28)9-17(16)5-6-18-10-21(13-30-25(18)29)22-14-32-33(2)15-22/h3-4,7-11,13-15H,12H2,1-2H3,(H2,29,30)(H,31,34). The first kappa shape index (κ1) is 22.7. The van der Waals surface area contributed by atoms with Crippen LogP contribution in [-0.2, 0) is 13.6 Å². The summed E-state index contributed by atoms with van der Waals surface area (Å²) in [6, 6.07) is 10.2. The van der Waals surface area contributed by atoms with E-state index < -0.39 is 17.5 Å². The Balaban J connectivity index is 1.55. The topological polar surface area (TPSA) is 85.8 Å². The van der Waals surface area contributed by atoms with Gasteiger partial charge < -0.3 is 11.1 Å². The van der Waals surface area contributed by atoms with E-state index in [0.717, 1.165) is 28.8 Å². The first-order chi connectivity index (χ1) is 16.3. The van der Waals surface area contributed by atoms with Crippen molar-refractivity contribution in [2.45, 2.75) is 13.5 Å². The molecular formula is C26H21F2N5O. The van der Waals surface area contributed by atoms with Crippen LogP contribution in [0.4, 0.5) is 14.6 Å². The third-order valence-corrected chi connectivity index (χ3v) is 5.24. The van der Waals surface area contributed by atoms with E-state index in [1.165, 1.54) is 6.07 Å². The van der Waals surface area contributed by atoms with Crippen LogP contribution < -0.4 is 11.1 Å². The minimum absolute atomic E-state index is 0.0663. The molecule has 0 bridgehead atoms. The lowest BCUT2D eigenvalue weighted by Crippen LogP contribution is -2.23. The maximum atomic E-state index is 13.8. The number of nitrogen functional groups attached to an aromatic ring is 1. The third-order valence-electron chi connectivity index (χ3n) is 5.24. The van der Waals surface area contributed by atoms with Crippen molar-refractivity contribution in [3.05, 3.63) is 101 Å². The number of nitrogens with zero attached hydrogens (tertiary/aromatic N) is 3. The zero-order chi connectivity index (χ0) is 24.2. The second-order valence-corrected chi connectivity index (χ2v) is 7.76. The number of pyridine rings is 1. The zero-order valence-electron chi connectivity index (χ0n) is 18.6. The Morgan fingerprint density at radius 1 is 1.06 bits per heavy atom. The van der Waals surface area contributed by atoms with Crippen LogP contribution >= 0.6 is 0 Å². The second kappa shape index (κ2) is 9.55. The van der Waals surface area contributed by atoms with Crippen molar-refractivity contribution in [3.8, 4) is 23.0 Å². The van der Waals surface area contributed by atoms with Crippen LogP contribution in [0.1, 0.15) is 32.6 Å². The van der Waals surface area contributed by atoms with Gasteiger partial charge >= 0.3 is 0 Å². The Morgan fingerprint density at radius 3 is 2.59 bits per heavy atom. The molecule has 4 rings (SSSR count). The number of hydrogen-bond donors (Lipinski definition) is 2. The molecule has 0 radical (unpaired) electrons. The van der Waals surface area contributed by atoms with Gasteiger partial charge in [-0.3, -0.25) is 9.48 Å². The Kier molecular flexibility index (Phi) is 6.37. The van der Waals surface area contributed by atoms with E-state index >= 15 is 0 Å². The van der Waals surface area contributed by atoms with E-state index in [1.54, 1.807) is 35.3 Å². The van der Waals surface area contributed by atoms with Crippen LogP contribution in [0, 0.1) is 30.4 Å². The first-order valence-corrected chi connectivity index (χ1v) is 10.4. The fourth-order valence-electron chi connectivity index (χ4n) is 3.28. The molecule has 0 spiro atoms. The smallest absolute Gasteiger partial charge is 0.251 e. The number of hydrogen-bond acceptors (Lipinski definition) is 4. The number of anilines is 1. The molecule has 2 heterocycles. The molecule has 0 atom stereocenters. The second-order valence-electron chi connectivity index (χ2n) is 7.76. The molecule has 6 nitrogen and oxygen atoms in total. The van der Waals surface area contributed by atoms with Crippen LogP contribution in [0.5, 0.6) is 0 Å². The number of carbonyl (C=O) groups is 1. The zero-order valence-corrected chi connectivity index (χ0v) is 18.6. The van der Waals surface area contributed by atoms with E-state index in [2.05, 4.69) is 27.2 Å². The van der Waals surface area contributed by atoms with Crippen LogP contribution in [0.3, 0.4) is 0 Å². The molecule has 0 saturated heterocycles. The summed E-state index contributed by atoms with van der Waals surface area (Å²) in [4.78, 5) is 16.8. The Bertz CT molecular complexity index is 1450. The van der Waals surface area contributed by atoms with Crippen molar-refractivity contribution in [3.63, 3.8) is 0 Å². The summed E-state index contributed by atoms with van der Waals surface area (Å²) in [7, 11) is 1.83. The molecule has 34 heavy (non-hydrogen) atoms. The first-order valence-electron chi connectivity index (χ1n) is 10.4. The van der Waals surface area contributed by atoms with E-state index in [0.29, 0.717) is 22.5 Å². The molecule has 170 valence electrons.